The van der Waals surface area contributed by atoms with E-state index in [1.165, 1.54) is 0 Å². The smallest absolute Gasteiger partial charge is 0.231 e. The maximum atomic E-state index is 12.2. The molecule has 4 heteroatoms. The van der Waals surface area contributed by atoms with Gasteiger partial charge in [0.1, 0.15) is 0 Å². The quantitative estimate of drug-likeness (QED) is 0.876. The van der Waals surface area contributed by atoms with Crippen LogP contribution in [0.25, 0.3) is 0 Å². The highest BCUT2D eigenvalue weighted by atomic mass is 35.5. The third-order valence-corrected chi connectivity index (χ3v) is 3.12. The maximum Gasteiger partial charge on any atom is 0.231 e. The summed E-state index contributed by atoms with van der Waals surface area (Å²) in [5, 5.41) is 3.27. The lowest BCUT2D eigenvalue weighted by atomic mass is 9.98. The first kappa shape index (κ1) is 14.0. The van der Waals surface area contributed by atoms with Crippen molar-refractivity contribution >= 4 is 24.0 Å². The molecule has 1 atom stereocenters. The molecule has 1 unspecified atom stereocenters. The van der Waals surface area contributed by atoms with Crippen LogP contribution < -0.4 is 10.2 Å². The van der Waals surface area contributed by atoms with Crippen molar-refractivity contribution in [3.05, 3.63) is 30.3 Å². The van der Waals surface area contributed by atoms with E-state index in [2.05, 4.69) is 5.32 Å². The zero-order valence-corrected chi connectivity index (χ0v) is 10.9. The molecular weight excluding hydrogens is 236 g/mol. The predicted octanol–water partition coefficient (Wildman–Crippen LogP) is 2.07. The number of hydrogen-bond acceptors (Lipinski definition) is 2. The third kappa shape index (κ3) is 3.45. The zero-order chi connectivity index (χ0) is 11.4. The number of para-hydroxylation sites is 1. The van der Waals surface area contributed by atoms with E-state index in [1.807, 2.05) is 37.4 Å². The van der Waals surface area contributed by atoms with E-state index in [9.17, 15) is 4.79 Å². The highest BCUT2D eigenvalue weighted by Crippen LogP contribution is 2.18. The Kier molecular flexibility index (Phi) is 5.45. The second kappa shape index (κ2) is 6.62. The minimum absolute atomic E-state index is 0. The number of nitrogens with zero attached hydrogens (tertiary/aromatic N) is 1. The lowest BCUT2D eigenvalue weighted by Crippen LogP contribution is -2.41. The van der Waals surface area contributed by atoms with Crippen LogP contribution in [0, 0.1) is 5.92 Å². The molecule has 17 heavy (non-hydrogen) atoms. The summed E-state index contributed by atoms with van der Waals surface area (Å²) in [6, 6.07) is 9.81. The molecule has 1 amide bonds. The first-order valence-electron chi connectivity index (χ1n) is 5.82. The van der Waals surface area contributed by atoms with Gasteiger partial charge in [-0.15, -0.1) is 12.4 Å². The van der Waals surface area contributed by atoms with Crippen LogP contribution in [-0.2, 0) is 4.79 Å². The number of carbonyl (C=O) groups is 1. The van der Waals surface area contributed by atoms with E-state index in [0.29, 0.717) is 0 Å². The Bertz CT molecular complexity index is 350. The van der Waals surface area contributed by atoms with Crippen LogP contribution in [0.15, 0.2) is 30.3 Å². The Hall–Kier alpha value is -1.06. The summed E-state index contributed by atoms with van der Waals surface area (Å²) in [4.78, 5) is 13.9. The van der Waals surface area contributed by atoms with Crippen LogP contribution in [0.2, 0.25) is 0 Å². The predicted molar refractivity (Wildman–Crippen MR) is 72.7 cm³/mol. The molecule has 0 bridgehead atoms. The minimum Gasteiger partial charge on any atom is -0.316 e. The molecule has 1 fully saturated rings. The number of carbonyl (C=O) groups excluding carboxylic acids is 1. The van der Waals surface area contributed by atoms with E-state index in [0.717, 1.165) is 31.6 Å². The fourth-order valence-electron chi connectivity index (χ4n) is 2.12. The second-order valence-corrected chi connectivity index (χ2v) is 4.28. The zero-order valence-electron chi connectivity index (χ0n) is 10.1. The molecule has 1 heterocycles. The first-order valence-corrected chi connectivity index (χ1v) is 5.82. The van der Waals surface area contributed by atoms with Gasteiger partial charge in [-0.05, 0) is 31.5 Å². The molecule has 94 valence electrons. The molecule has 0 saturated carbocycles. The number of nitrogens with one attached hydrogen (secondary N) is 1. The summed E-state index contributed by atoms with van der Waals surface area (Å²) in [6.45, 7) is 1.86. The summed E-state index contributed by atoms with van der Waals surface area (Å²) < 4.78 is 0. The topological polar surface area (TPSA) is 32.3 Å². The largest absolute Gasteiger partial charge is 0.316 e. The van der Waals surface area contributed by atoms with Gasteiger partial charge in [-0.2, -0.15) is 0 Å². The van der Waals surface area contributed by atoms with E-state index in [4.69, 9.17) is 0 Å². The average molecular weight is 255 g/mol. The minimum atomic E-state index is 0. The molecule has 1 aromatic rings. The normalized spacial score (nSPS) is 19.2. The summed E-state index contributed by atoms with van der Waals surface area (Å²) in [5.74, 6) is 0.359. The monoisotopic (exact) mass is 254 g/mol. The van der Waals surface area contributed by atoms with Gasteiger partial charge in [-0.3, -0.25) is 4.79 Å². The number of anilines is 1. The number of piperidine rings is 1. The molecule has 0 spiro atoms. The highest BCUT2D eigenvalue weighted by molar-refractivity contribution is 5.94. The lowest BCUT2D eigenvalue weighted by molar-refractivity contribution is -0.122. The molecule has 1 saturated heterocycles. The Morgan fingerprint density at radius 2 is 2.06 bits per heavy atom. The van der Waals surface area contributed by atoms with Crippen LogP contribution in [0.4, 0.5) is 5.69 Å². The van der Waals surface area contributed by atoms with Crippen LogP contribution >= 0.6 is 12.4 Å². The number of halogens is 1. The van der Waals surface area contributed by atoms with Crippen LogP contribution in [0.3, 0.4) is 0 Å². The van der Waals surface area contributed by atoms with Crippen LogP contribution in [0.1, 0.15) is 12.8 Å². The molecule has 0 radical (unpaired) electrons. The van der Waals surface area contributed by atoms with Gasteiger partial charge in [0.15, 0.2) is 0 Å². The van der Waals surface area contributed by atoms with Gasteiger partial charge in [0, 0.05) is 19.3 Å². The fourth-order valence-corrected chi connectivity index (χ4v) is 2.12. The van der Waals surface area contributed by atoms with Crippen molar-refractivity contribution in [1.29, 1.82) is 0 Å². The van der Waals surface area contributed by atoms with Gasteiger partial charge in [-0.1, -0.05) is 18.2 Å². The van der Waals surface area contributed by atoms with Crippen molar-refractivity contribution in [2.45, 2.75) is 12.8 Å². The number of hydrogen-bond donors (Lipinski definition) is 1. The van der Waals surface area contributed by atoms with Gasteiger partial charge in [0.25, 0.3) is 0 Å². The van der Waals surface area contributed by atoms with E-state index >= 15 is 0 Å². The van der Waals surface area contributed by atoms with Crippen molar-refractivity contribution in [3.63, 3.8) is 0 Å². The second-order valence-electron chi connectivity index (χ2n) is 4.28. The molecule has 1 N–H and O–H groups in total. The molecule has 3 nitrogen and oxygen atoms in total. The van der Waals surface area contributed by atoms with Gasteiger partial charge in [0.2, 0.25) is 5.91 Å². The summed E-state index contributed by atoms with van der Waals surface area (Å²) in [5.41, 5.74) is 0.970. The summed E-state index contributed by atoms with van der Waals surface area (Å²) in [6.07, 6.45) is 2.10. The maximum absolute atomic E-state index is 12.2. The van der Waals surface area contributed by atoms with Gasteiger partial charge < -0.3 is 10.2 Å². The molecule has 0 aliphatic carbocycles. The summed E-state index contributed by atoms with van der Waals surface area (Å²) >= 11 is 0. The van der Waals surface area contributed by atoms with Crippen molar-refractivity contribution < 1.29 is 4.79 Å². The van der Waals surface area contributed by atoms with E-state index < -0.39 is 0 Å². The van der Waals surface area contributed by atoms with E-state index in [1.54, 1.807) is 4.90 Å². The Balaban J connectivity index is 0.00000144. The van der Waals surface area contributed by atoms with Gasteiger partial charge in [0.05, 0.1) is 5.92 Å². The standard InChI is InChI=1S/C13H18N2O.ClH/c1-15(12-7-3-2-4-8-12)13(16)11-6-5-9-14-10-11;/h2-4,7-8,11,14H,5-6,9-10H2,1H3;1H. The van der Waals surface area contributed by atoms with Crippen LogP contribution in [-0.4, -0.2) is 26.0 Å². The molecule has 1 aliphatic heterocycles. The summed E-state index contributed by atoms with van der Waals surface area (Å²) in [7, 11) is 1.85. The van der Waals surface area contributed by atoms with Gasteiger partial charge in [-0.25, -0.2) is 0 Å². The SMILES string of the molecule is CN(C(=O)C1CCCNC1)c1ccccc1.Cl. The average Bonchev–Trinajstić information content (AvgIpc) is 2.39. The molecule has 2 rings (SSSR count). The Morgan fingerprint density at radius 1 is 1.35 bits per heavy atom. The van der Waals surface area contributed by atoms with Crippen molar-refractivity contribution in [2.75, 3.05) is 25.0 Å². The lowest BCUT2D eigenvalue weighted by Gasteiger charge is -2.27. The van der Waals surface area contributed by atoms with Crippen molar-refractivity contribution in [3.8, 4) is 0 Å². The number of amides is 1. The fraction of sp³-hybridized carbons (Fsp3) is 0.462. The molecule has 0 aromatic heterocycles. The number of rotatable bonds is 2. The van der Waals surface area contributed by atoms with Crippen LogP contribution in [0.5, 0.6) is 0 Å². The van der Waals surface area contributed by atoms with Gasteiger partial charge >= 0.3 is 0 Å². The third-order valence-electron chi connectivity index (χ3n) is 3.12. The molecular formula is C13H19ClN2O. The van der Waals surface area contributed by atoms with E-state index in [-0.39, 0.29) is 24.2 Å². The molecule has 1 aliphatic rings. The number of benzene rings is 1. The van der Waals surface area contributed by atoms with Crippen molar-refractivity contribution in [2.24, 2.45) is 5.92 Å². The Morgan fingerprint density at radius 3 is 2.65 bits per heavy atom. The molecule has 1 aromatic carbocycles. The Labute approximate surface area is 109 Å². The highest BCUT2D eigenvalue weighted by Gasteiger charge is 2.24. The van der Waals surface area contributed by atoms with Crippen molar-refractivity contribution in [1.82, 2.24) is 5.32 Å². The first-order chi connectivity index (χ1) is 7.79.